The Morgan fingerprint density at radius 2 is 2.05 bits per heavy atom. The van der Waals surface area contributed by atoms with Crippen molar-refractivity contribution in [2.75, 3.05) is 12.3 Å². The molecule has 1 fully saturated rings. The van der Waals surface area contributed by atoms with Gasteiger partial charge >= 0.3 is 0 Å². The van der Waals surface area contributed by atoms with E-state index in [4.69, 9.17) is 5.73 Å². The number of rotatable bonds is 4. The summed E-state index contributed by atoms with van der Waals surface area (Å²) in [5.41, 5.74) is 6.53. The minimum absolute atomic E-state index is 0.0113. The molecule has 0 aliphatic carbocycles. The Morgan fingerprint density at radius 3 is 2.67 bits per heavy atom. The lowest BCUT2D eigenvalue weighted by Gasteiger charge is -2.23. The average molecular weight is 287 g/mol. The summed E-state index contributed by atoms with van der Waals surface area (Å²) in [6.07, 6.45) is 1.61. The van der Waals surface area contributed by atoms with Gasteiger partial charge in [-0.1, -0.05) is 6.58 Å². The van der Waals surface area contributed by atoms with E-state index in [0.717, 1.165) is 12.8 Å². The lowest BCUT2D eigenvalue weighted by atomic mass is 9.86. The number of nitrogens with one attached hydrogen (secondary N) is 1. The average Bonchev–Trinajstić information content (AvgIpc) is 2.95. The van der Waals surface area contributed by atoms with Gasteiger partial charge in [0.05, 0.1) is 5.70 Å². The molecule has 1 atom stereocenters. The van der Waals surface area contributed by atoms with E-state index in [0.29, 0.717) is 17.8 Å². The summed E-state index contributed by atoms with van der Waals surface area (Å²) in [6.45, 7) is 4.19. The normalized spacial score (nSPS) is 17.4. The first kappa shape index (κ1) is 15.1. The number of hydrogen-bond donors (Lipinski definition) is 3. The maximum atomic E-state index is 12.2. The lowest BCUT2D eigenvalue weighted by Crippen LogP contribution is -2.43. The lowest BCUT2D eigenvalue weighted by molar-refractivity contribution is -0.127. The van der Waals surface area contributed by atoms with Gasteiger partial charge in [0.25, 0.3) is 19.3 Å². The number of hydrogen-bond acceptors (Lipinski definition) is 4. The molecule has 7 heteroatoms. The second-order valence-corrected chi connectivity index (χ2v) is 5.03. The number of benzene rings is 1. The minimum Gasteiger partial charge on any atom is -0.452 e. The second kappa shape index (κ2) is 6.45. The number of likely N-dealkylation sites (tertiary alicyclic amines) is 1. The van der Waals surface area contributed by atoms with Gasteiger partial charge in [0.2, 0.25) is 0 Å². The Morgan fingerprint density at radius 1 is 1.38 bits per heavy atom. The molecular formula is C14H18BN3O3. The van der Waals surface area contributed by atoms with E-state index >= 15 is 0 Å². The van der Waals surface area contributed by atoms with Crippen LogP contribution in [-0.4, -0.2) is 41.7 Å². The Bertz CT molecular complexity index is 559. The first-order chi connectivity index (χ1) is 10.0. The van der Waals surface area contributed by atoms with Crippen LogP contribution in [0.3, 0.4) is 0 Å². The fraction of sp³-hybridized carbons (Fsp3) is 0.286. The van der Waals surface area contributed by atoms with E-state index in [9.17, 15) is 14.6 Å². The number of carbonyl (C=O) groups is 2. The quantitative estimate of drug-likeness (QED) is 0.406. The topological polar surface area (TPSA) is 95.7 Å². The molecule has 0 spiro atoms. The van der Waals surface area contributed by atoms with Crippen molar-refractivity contribution < 1.29 is 14.6 Å². The van der Waals surface area contributed by atoms with Crippen LogP contribution in [0.2, 0.25) is 0 Å². The van der Waals surface area contributed by atoms with E-state index in [1.807, 2.05) is 0 Å². The van der Waals surface area contributed by atoms with E-state index in [1.54, 1.807) is 29.2 Å². The molecule has 6 nitrogen and oxygen atoms in total. The maximum absolute atomic E-state index is 12.2. The number of nitrogens with zero attached hydrogens (tertiary/aromatic N) is 1. The third-order valence-electron chi connectivity index (χ3n) is 3.54. The van der Waals surface area contributed by atoms with Gasteiger partial charge < -0.3 is 21.0 Å². The Balaban J connectivity index is 1.99. The van der Waals surface area contributed by atoms with E-state index in [1.165, 1.54) is 0 Å². The van der Waals surface area contributed by atoms with Crippen LogP contribution in [0, 0.1) is 0 Å². The molecule has 4 N–H and O–H groups in total. The molecular weight excluding hydrogens is 269 g/mol. The standard InChI is InChI=1S/C14H18BN3O3/c1-9(14(20)18-8-2-3-12(18)15-21)17-13(19)10-4-6-11(16)7-5-10/h4-7,12,15,21H,1-3,8,16H2,(H,17,19)/t12-/m0/s1. The summed E-state index contributed by atoms with van der Waals surface area (Å²) in [5, 5.41) is 11.7. The van der Waals surface area contributed by atoms with Gasteiger partial charge in [-0.3, -0.25) is 9.59 Å². The maximum Gasteiger partial charge on any atom is 0.293 e. The zero-order valence-electron chi connectivity index (χ0n) is 11.7. The number of nitrogens with two attached hydrogens (primary N) is 1. The molecule has 1 saturated heterocycles. The monoisotopic (exact) mass is 287 g/mol. The van der Waals surface area contributed by atoms with E-state index in [-0.39, 0.29) is 25.0 Å². The molecule has 2 amide bonds. The highest BCUT2D eigenvalue weighted by molar-refractivity contribution is 6.29. The summed E-state index contributed by atoms with van der Waals surface area (Å²) in [7, 11) is -0.0784. The molecule has 21 heavy (non-hydrogen) atoms. The summed E-state index contributed by atoms with van der Waals surface area (Å²) in [6, 6.07) is 6.38. The Labute approximate surface area is 123 Å². The fourth-order valence-electron chi connectivity index (χ4n) is 2.36. The van der Waals surface area contributed by atoms with Gasteiger partial charge in [-0.2, -0.15) is 0 Å². The van der Waals surface area contributed by atoms with Crippen LogP contribution >= 0.6 is 0 Å². The van der Waals surface area contributed by atoms with Gasteiger partial charge in [-0.25, -0.2) is 0 Å². The molecule has 0 unspecified atom stereocenters. The van der Waals surface area contributed by atoms with Crippen molar-refractivity contribution in [2.24, 2.45) is 0 Å². The highest BCUT2D eigenvalue weighted by atomic mass is 16.2. The highest BCUT2D eigenvalue weighted by Gasteiger charge is 2.30. The minimum atomic E-state index is -0.409. The van der Waals surface area contributed by atoms with E-state index < -0.39 is 5.91 Å². The third kappa shape index (κ3) is 3.43. The fourth-order valence-corrected chi connectivity index (χ4v) is 2.36. The van der Waals surface area contributed by atoms with Crippen LogP contribution in [0.5, 0.6) is 0 Å². The highest BCUT2D eigenvalue weighted by Crippen LogP contribution is 2.17. The third-order valence-corrected chi connectivity index (χ3v) is 3.54. The van der Waals surface area contributed by atoms with Crippen molar-refractivity contribution in [3.05, 3.63) is 42.1 Å². The van der Waals surface area contributed by atoms with Gasteiger partial charge in [0.15, 0.2) is 0 Å². The summed E-state index contributed by atoms with van der Waals surface area (Å²) in [5.74, 6) is -0.953. The van der Waals surface area contributed by atoms with Crippen LogP contribution in [0.4, 0.5) is 5.69 Å². The number of carbonyl (C=O) groups excluding carboxylic acids is 2. The van der Waals surface area contributed by atoms with E-state index in [2.05, 4.69) is 11.9 Å². The SMILES string of the molecule is C=C(NC(=O)c1ccc(N)cc1)C(=O)N1CCC[C@H]1BO. The van der Waals surface area contributed by atoms with Crippen molar-refractivity contribution >= 4 is 25.0 Å². The first-order valence-corrected chi connectivity index (χ1v) is 6.80. The number of amides is 2. The molecule has 0 aromatic heterocycles. The summed E-state index contributed by atoms with van der Waals surface area (Å²) >= 11 is 0. The second-order valence-electron chi connectivity index (χ2n) is 5.03. The Kier molecular flexibility index (Phi) is 4.64. The predicted molar refractivity (Wildman–Crippen MR) is 81.6 cm³/mol. The van der Waals surface area contributed by atoms with Gasteiger partial charge in [-0.05, 0) is 37.1 Å². The summed E-state index contributed by atoms with van der Waals surface area (Å²) < 4.78 is 0. The van der Waals surface area contributed by atoms with Crippen LogP contribution in [0.25, 0.3) is 0 Å². The molecule has 2 rings (SSSR count). The molecule has 0 saturated carbocycles. The van der Waals surface area contributed by atoms with Crippen molar-refractivity contribution in [3.8, 4) is 0 Å². The smallest absolute Gasteiger partial charge is 0.293 e. The molecule has 1 aromatic carbocycles. The largest absolute Gasteiger partial charge is 0.452 e. The molecule has 1 aliphatic heterocycles. The van der Waals surface area contributed by atoms with Crippen LogP contribution in [0.15, 0.2) is 36.5 Å². The Hall–Kier alpha value is -2.28. The molecule has 1 aliphatic rings. The first-order valence-electron chi connectivity index (χ1n) is 6.80. The molecule has 1 aromatic rings. The predicted octanol–water partition coefficient (Wildman–Crippen LogP) is -0.195. The number of anilines is 1. The van der Waals surface area contributed by atoms with Crippen molar-refractivity contribution in [2.45, 2.75) is 18.8 Å². The molecule has 0 bridgehead atoms. The van der Waals surface area contributed by atoms with Crippen LogP contribution < -0.4 is 11.1 Å². The van der Waals surface area contributed by atoms with Gasteiger partial charge in [0, 0.05) is 23.7 Å². The van der Waals surface area contributed by atoms with Gasteiger partial charge in [0.1, 0.15) is 0 Å². The molecule has 0 radical (unpaired) electrons. The van der Waals surface area contributed by atoms with Crippen molar-refractivity contribution in [1.29, 1.82) is 0 Å². The van der Waals surface area contributed by atoms with Crippen LogP contribution in [-0.2, 0) is 4.79 Å². The summed E-state index contributed by atoms with van der Waals surface area (Å²) in [4.78, 5) is 25.8. The van der Waals surface area contributed by atoms with Gasteiger partial charge in [-0.15, -0.1) is 0 Å². The van der Waals surface area contributed by atoms with Crippen molar-refractivity contribution in [1.82, 2.24) is 10.2 Å². The number of nitrogen functional groups attached to an aromatic ring is 1. The zero-order chi connectivity index (χ0) is 15.4. The van der Waals surface area contributed by atoms with Crippen LogP contribution in [0.1, 0.15) is 23.2 Å². The molecule has 110 valence electrons. The zero-order valence-corrected chi connectivity index (χ0v) is 11.7. The van der Waals surface area contributed by atoms with Crippen molar-refractivity contribution in [3.63, 3.8) is 0 Å². The molecule has 1 heterocycles.